The molecule has 0 heterocycles. The summed E-state index contributed by atoms with van der Waals surface area (Å²) in [7, 11) is 1.20. The number of benzene rings is 1. The number of para-hydroxylation sites is 2. The van der Waals surface area contributed by atoms with Crippen LogP contribution < -0.4 is 9.64 Å². The van der Waals surface area contributed by atoms with Crippen molar-refractivity contribution in [2.75, 3.05) is 18.6 Å². The normalized spacial score (nSPS) is 10.9. The Morgan fingerprint density at radius 3 is 2.37 bits per heavy atom. The van der Waals surface area contributed by atoms with E-state index in [0.717, 1.165) is 0 Å². The van der Waals surface area contributed by atoms with Crippen LogP contribution in [0.15, 0.2) is 24.3 Å². The van der Waals surface area contributed by atoms with Crippen molar-refractivity contribution in [3.63, 3.8) is 0 Å². The van der Waals surface area contributed by atoms with Gasteiger partial charge in [0.25, 0.3) is 0 Å². The molecular weight excluding hydrogens is 267 g/mol. The van der Waals surface area contributed by atoms with Gasteiger partial charge < -0.3 is 9.84 Å². The largest absolute Gasteiger partial charge is 0.495 e. The molecule has 0 saturated heterocycles. The molecule has 1 aromatic carbocycles. The van der Waals surface area contributed by atoms with Crippen LogP contribution in [-0.4, -0.2) is 36.8 Å². The van der Waals surface area contributed by atoms with Gasteiger partial charge in [0.15, 0.2) is 0 Å². The van der Waals surface area contributed by atoms with Crippen molar-refractivity contribution < 1.29 is 32.6 Å². The predicted molar refractivity (Wildman–Crippen MR) is 59.0 cm³/mol. The van der Waals surface area contributed by atoms with Gasteiger partial charge >= 0.3 is 18.1 Å². The fraction of sp³-hybridized carbons (Fsp3) is 0.273. The molecule has 1 aromatic rings. The van der Waals surface area contributed by atoms with E-state index in [1.807, 2.05) is 0 Å². The summed E-state index contributed by atoms with van der Waals surface area (Å²) < 4.78 is 42.2. The van der Waals surface area contributed by atoms with E-state index in [2.05, 4.69) is 0 Å². The molecule has 0 aliphatic carbocycles. The third kappa shape index (κ3) is 3.60. The molecule has 1 amide bonds. The number of hydrogen-bond acceptors (Lipinski definition) is 3. The second-order valence-corrected chi connectivity index (χ2v) is 3.45. The van der Waals surface area contributed by atoms with Crippen molar-refractivity contribution in [3.8, 4) is 5.75 Å². The first-order chi connectivity index (χ1) is 8.77. The van der Waals surface area contributed by atoms with Gasteiger partial charge in [-0.15, -0.1) is 0 Å². The lowest BCUT2D eigenvalue weighted by atomic mass is 10.2. The Morgan fingerprint density at radius 1 is 1.32 bits per heavy atom. The Morgan fingerprint density at radius 2 is 1.89 bits per heavy atom. The summed E-state index contributed by atoms with van der Waals surface area (Å²) in [4.78, 5) is 22.0. The average molecular weight is 277 g/mol. The fourth-order valence-electron chi connectivity index (χ4n) is 1.41. The number of aliphatic carboxylic acids is 1. The van der Waals surface area contributed by atoms with Gasteiger partial charge in [0.2, 0.25) is 0 Å². The quantitative estimate of drug-likeness (QED) is 0.909. The van der Waals surface area contributed by atoms with Gasteiger partial charge in [0, 0.05) is 0 Å². The maximum Gasteiger partial charge on any atom is 0.471 e. The summed E-state index contributed by atoms with van der Waals surface area (Å²) in [6.07, 6.45) is -5.17. The molecule has 1 rings (SSSR count). The van der Waals surface area contributed by atoms with Crippen LogP contribution in [-0.2, 0) is 9.59 Å². The summed E-state index contributed by atoms with van der Waals surface area (Å²) in [6.45, 7) is -1.11. The Hall–Kier alpha value is -2.25. The highest BCUT2D eigenvalue weighted by Crippen LogP contribution is 2.31. The first kappa shape index (κ1) is 14.8. The van der Waals surface area contributed by atoms with Crippen LogP contribution in [0.25, 0.3) is 0 Å². The number of carbonyl (C=O) groups excluding carboxylic acids is 1. The van der Waals surface area contributed by atoms with E-state index in [-0.39, 0.29) is 16.3 Å². The van der Waals surface area contributed by atoms with Gasteiger partial charge in [-0.25, -0.2) is 0 Å². The Bertz CT molecular complexity index is 487. The standard InChI is InChI=1S/C11H10F3NO4/c1-19-8-5-3-2-4-7(8)15(6-9(16)17)10(18)11(12,13)14/h2-5H,6H2,1H3,(H,16,17). The molecule has 104 valence electrons. The molecule has 8 heteroatoms. The van der Waals surface area contributed by atoms with Crippen molar-refractivity contribution in [2.24, 2.45) is 0 Å². The fourth-order valence-corrected chi connectivity index (χ4v) is 1.41. The summed E-state index contributed by atoms with van der Waals surface area (Å²) in [5.74, 6) is -3.86. The average Bonchev–Trinajstić information content (AvgIpc) is 2.33. The molecule has 5 nitrogen and oxygen atoms in total. The molecule has 0 unspecified atom stereocenters. The predicted octanol–water partition coefficient (Wildman–Crippen LogP) is 1.68. The third-order valence-corrected chi connectivity index (χ3v) is 2.16. The van der Waals surface area contributed by atoms with E-state index >= 15 is 0 Å². The maximum absolute atomic E-state index is 12.4. The first-order valence-corrected chi connectivity index (χ1v) is 5.01. The summed E-state index contributed by atoms with van der Waals surface area (Å²) >= 11 is 0. The number of anilines is 1. The van der Waals surface area contributed by atoms with Crippen molar-refractivity contribution in [3.05, 3.63) is 24.3 Å². The number of halogens is 3. The van der Waals surface area contributed by atoms with Crippen LogP contribution in [0.5, 0.6) is 5.75 Å². The Balaban J connectivity index is 3.24. The number of carboxylic acid groups (broad SMARTS) is 1. The SMILES string of the molecule is COc1ccccc1N(CC(=O)O)C(=O)C(F)(F)F. The Kier molecular flexibility index (Phi) is 4.36. The van der Waals surface area contributed by atoms with Gasteiger partial charge in [-0.3, -0.25) is 14.5 Å². The molecule has 0 atom stereocenters. The summed E-state index contributed by atoms with van der Waals surface area (Å²) in [6, 6.07) is 5.36. The molecule has 0 saturated carbocycles. The summed E-state index contributed by atoms with van der Waals surface area (Å²) in [5, 5.41) is 8.62. The zero-order valence-electron chi connectivity index (χ0n) is 9.77. The molecule has 0 fully saturated rings. The number of rotatable bonds is 4. The Labute approximate surface area is 106 Å². The monoisotopic (exact) mass is 277 g/mol. The smallest absolute Gasteiger partial charge is 0.471 e. The van der Waals surface area contributed by atoms with E-state index < -0.39 is 24.6 Å². The lowest BCUT2D eigenvalue weighted by Crippen LogP contribution is -2.44. The number of carbonyl (C=O) groups is 2. The topological polar surface area (TPSA) is 66.8 Å². The van der Waals surface area contributed by atoms with Crippen LogP contribution >= 0.6 is 0 Å². The van der Waals surface area contributed by atoms with Crippen LogP contribution in [0.1, 0.15) is 0 Å². The highest BCUT2D eigenvalue weighted by molar-refractivity contribution is 6.01. The van der Waals surface area contributed by atoms with Crippen molar-refractivity contribution in [1.29, 1.82) is 0 Å². The van der Waals surface area contributed by atoms with Crippen LogP contribution in [0, 0.1) is 0 Å². The summed E-state index contributed by atoms with van der Waals surface area (Å²) in [5.41, 5.74) is -0.255. The van der Waals surface area contributed by atoms with E-state index in [4.69, 9.17) is 9.84 Å². The van der Waals surface area contributed by atoms with Crippen LogP contribution in [0.4, 0.5) is 18.9 Å². The molecule has 1 N–H and O–H groups in total. The van der Waals surface area contributed by atoms with E-state index in [9.17, 15) is 22.8 Å². The second-order valence-electron chi connectivity index (χ2n) is 3.45. The van der Waals surface area contributed by atoms with Crippen molar-refractivity contribution in [1.82, 2.24) is 0 Å². The number of hydrogen-bond donors (Lipinski definition) is 1. The molecule has 0 bridgehead atoms. The minimum Gasteiger partial charge on any atom is -0.495 e. The number of nitrogens with zero attached hydrogens (tertiary/aromatic N) is 1. The van der Waals surface area contributed by atoms with E-state index in [0.29, 0.717) is 0 Å². The van der Waals surface area contributed by atoms with Gasteiger partial charge in [-0.1, -0.05) is 12.1 Å². The number of methoxy groups -OCH3 is 1. The molecule has 0 spiro atoms. The van der Waals surface area contributed by atoms with Crippen LogP contribution in [0.3, 0.4) is 0 Å². The minimum atomic E-state index is -5.17. The number of carboxylic acids is 1. The number of amides is 1. The van der Waals surface area contributed by atoms with Crippen LogP contribution in [0.2, 0.25) is 0 Å². The minimum absolute atomic E-state index is 0.0265. The zero-order chi connectivity index (χ0) is 14.6. The number of alkyl halides is 3. The lowest BCUT2D eigenvalue weighted by molar-refractivity contribution is -0.171. The zero-order valence-corrected chi connectivity index (χ0v) is 9.77. The molecule has 0 aromatic heterocycles. The van der Waals surface area contributed by atoms with Gasteiger partial charge in [0.1, 0.15) is 12.3 Å². The molecule has 0 radical (unpaired) electrons. The van der Waals surface area contributed by atoms with Crippen molar-refractivity contribution in [2.45, 2.75) is 6.18 Å². The van der Waals surface area contributed by atoms with Gasteiger partial charge in [-0.2, -0.15) is 13.2 Å². The van der Waals surface area contributed by atoms with Crippen molar-refractivity contribution >= 4 is 17.6 Å². The number of ether oxygens (including phenoxy) is 1. The van der Waals surface area contributed by atoms with Gasteiger partial charge in [0.05, 0.1) is 12.8 Å². The maximum atomic E-state index is 12.4. The molecular formula is C11H10F3NO4. The third-order valence-electron chi connectivity index (χ3n) is 2.16. The molecule has 0 aliphatic heterocycles. The van der Waals surface area contributed by atoms with Gasteiger partial charge in [-0.05, 0) is 12.1 Å². The molecule has 0 aliphatic rings. The lowest BCUT2D eigenvalue weighted by Gasteiger charge is -2.23. The van der Waals surface area contributed by atoms with E-state index in [1.54, 1.807) is 0 Å². The highest BCUT2D eigenvalue weighted by atomic mass is 19.4. The highest BCUT2D eigenvalue weighted by Gasteiger charge is 2.44. The molecule has 19 heavy (non-hydrogen) atoms. The van der Waals surface area contributed by atoms with E-state index in [1.165, 1.54) is 31.4 Å². The second kappa shape index (κ2) is 5.59. The first-order valence-electron chi connectivity index (χ1n) is 5.01.